The number of amides is 1. The number of carbonyl (C=O) groups excluding carboxylic acids is 1. The maximum Gasteiger partial charge on any atom is 0.303 e. The molecule has 1 aliphatic heterocycles. The minimum Gasteiger partial charge on any atom is -0.481 e. The van der Waals surface area contributed by atoms with Crippen molar-refractivity contribution in [2.45, 2.75) is 6.42 Å². The van der Waals surface area contributed by atoms with Crippen molar-refractivity contribution in [1.29, 1.82) is 0 Å². The fraction of sp³-hybridized carbons (Fsp3) is 0.778. The average Bonchev–Trinajstić information content (AvgIpc) is 1.99. The van der Waals surface area contributed by atoms with Crippen molar-refractivity contribution >= 4 is 11.9 Å². The van der Waals surface area contributed by atoms with E-state index in [1.165, 1.54) is 0 Å². The second kappa shape index (κ2) is 4.41. The smallest absolute Gasteiger partial charge is 0.303 e. The first kappa shape index (κ1) is 11.0. The van der Waals surface area contributed by atoms with Crippen molar-refractivity contribution < 1.29 is 14.7 Å². The van der Waals surface area contributed by atoms with Gasteiger partial charge in [0.2, 0.25) is 5.91 Å². The standard InChI is InChI=1S/C9H16N2O3/c1-10(2)8(12)6-11-4-7(5-11)3-9(13)14/h7H,3-6H2,1-2H3,(H,13,14). The second-order valence-electron chi connectivity index (χ2n) is 3.95. The predicted octanol–water partition coefficient (Wildman–Crippen LogP) is -0.519. The van der Waals surface area contributed by atoms with Crippen LogP contribution in [-0.4, -0.2) is 60.5 Å². The van der Waals surface area contributed by atoms with Crippen LogP contribution in [0.15, 0.2) is 0 Å². The number of likely N-dealkylation sites (tertiary alicyclic amines) is 1. The lowest BCUT2D eigenvalue weighted by Crippen LogP contribution is -2.51. The molecule has 0 aliphatic carbocycles. The normalized spacial score (nSPS) is 17.6. The molecule has 80 valence electrons. The fourth-order valence-corrected chi connectivity index (χ4v) is 1.51. The molecule has 1 aliphatic rings. The predicted molar refractivity (Wildman–Crippen MR) is 50.9 cm³/mol. The van der Waals surface area contributed by atoms with Crippen molar-refractivity contribution in [2.24, 2.45) is 5.92 Å². The van der Waals surface area contributed by atoms with Gasteiger partial charge in [-0.3, -0.25) is 14.5 Å². The summed E-state index contributed by atoms with van der Waals surface area (Å²) in [5, 5.41) is 8.51. The van der Waals surface area contributed by atoms with Gasteiger partial charge in [-0.2, -0.15) is 0 Å². The lowest BCUT2D eigenvalue weighted by atomic mass is 9.96. The van der Waals surface area contributed by atoms with E-state index in [2.05, 4.69) is 0 Å². The minimum absolute atomic E-state index is 0.0683. The van der Waals surface area contributed by atoms with E-state index < -0.39 is 5.97 Å². The molecule has 1 N–H and O–H groups in total. The van der Waals surface area contributed by atoms with Gasteiger partial charge in [0.15, 0.2) is 0 Å². The van der Waals surface area contributed by atoms with Crippen molar-refractivity contribution in [3.05, 3.63) is 0 Å². The molecule has 0 aromatic heterocycles. The van der Waals surface area contributed by atoms with E-state index in [9.17, 15) is 9.59 Å². The van der Waals surface area contributed by atoms with Crippen molar-refractivity contribution in [1.82, 2.24) is 9.80 Å². The number of likely N-dealkylation sites (N-methyl/N-ethyl adjacent to an activating group) is 1. The fourth-order valence-electron chi connectivity index (χ4n) is 1.51. The Morgan fingerprint density at radius 1 is 1.43 bits per heavy atom. The number of rotatable bonds is 4. The molecule has 1 fully saturated rings. The monoisotopic (exact) mass is 200 g/mol. The first-order valence-electron chi connectivity index (χ1n) is 4.63. The van der Waals surface area contributed by atoms with E-state index in [0.29, 0.717) is 6.54 Å². The summed E-state index contributed by atoms with van der Waals surface area (Å²) in [6.07, 6.45) is 0.215. The van der Waals surface area contributed by atoms with Crippen LogP contribution in [0.2, 0.25) is 0 Å². The second-order valence-corrected chi connectivity index (χ2v) is 3.95. The Labute approximate surface area is 83.3 Å². The van der Waals surface area contributed by atoms with Gasteiger partial charge < -0.3 is 10.0 Å². The molecule has 1 rings (SSSR count). The lowest BCUT2D eigenvalue weighted by Gasteiger charge is -2.38. The van der Waals surface area contributed by atoms with Crippen LogP contribution in [0, 0.1) is 5.92 Å². The maximum atomic E-state index is 11.2. The van der Waals surface area contributed by atoms with Gasteiger partial charge in [-0.05, 0) is 5.92 Å². The molecule has 0 bridgehead atoms. The summed E-state index contributed by atoms with van der Waals surface area (Å²) in [5.41, 5.74) is 0. The Hall–Kier alpha value is -1.10. The van der Waals surface area contributed by atoms with Gasteiger partial charge in [-0.25, -0.2) is 0 Å². The third kappa shape index (κ3) is 2.99. The summed E-state index contributed by atoms with van der Waals surface area (Å²) >= 11 is 0. The topological polar surface area (TPSA) is 60.9 Å². The van der Waals surface area contributed by atoms with Gasteiger partial charge in [0.05, 0.1) is 13.0 Å². The Morgan fingerprint density at radius 2 is 2.00 bits per heavy atom. The number of nitrogens with zero attached hydrogens (tertiary/aromatic N) is 2. The summed E-state index contributed by atoms with van der Waals surface area (Å²) in [6.45, 7) is 1.86. The molecule has 1 saturated heterocycles. The largest absolute Gasteiger partial charge is 0.481 e. The molecule has 0 spiro atoms. The number of carbonyl (C=O) groups is 2. The van der Waals surface area contributed by atoms with Gasteiger partial charge in [-0.1, -0.05) is 0 Å². The minimum atomic E-state index is -0.756. The van der Waals surface area contributed by atoms with Crippen LogP contribution in [0.5, 0.6) is 0 Å². The summed E-state index contributed by atoms with van der Waals surface area (Å²) in [6, 6.07) is 0. The molecule has 0 radical (unpaired) electrons. The molecule has 1 heterocycles. The van der Waals surface area contributed by atoms with E-state index in [0.717, 1.165) is 13.1 Å². The van der Waals surface area contributed by atoms with Crippen molar-refractivity contribution in [2.75, 3.05) is 33.7 Å². The number of aliphatic carboxylic acids is 1. The molecular weight excluding hydrogens is 184 g/mol. The number of carboxylic acids is 1. The highest BCUT2D eigenvalue weighted by atomic mass is 16.4. The van der Waals surface area contributed by atoms with E-state index in [-0.39, 0.29) is 18.2 Å². The summed E-state index contributed by atoms with van der Waals surface area (Å²) in [7, 11) is 3.44. The van der Waals surface area contributed by atoms with Gasteiger partial charge in [0.1, 0.15) is 0 Å². The average molecular weight is 200 g/mol. The molecule has 5 heteroatoms. The number of hydrogen-bond acceptors (Lipinski definition) is 3. The van der Waals surface area contributed by atoms with Crippen LogP contribution < -0.4 is 0 Å². The molecule has 0 aromatic rings. The Kier molecular flexibility index (Phi) is 3.46. The summed E-state index contributed by atoms with van der Waals surface area (Å²) in [5.74, 6) is -0.463. The molecule has 14 heavy (non-hydrogen) atoms. The summed E-state index contributed by atoms with van der Waals surface area (Å²) < 4.78 is 0. The third-order valence-corrected chi connectivity index (χ3v) is 2.35. The van der Waals surface area contributed by atoms with Gasteiger partial charge in [0.25, 0.3) is 0 Å². The molecule has 5 nitrogen and oxygen atoms in total. The molecule has 0 aromatic carbocycles. The first-order chi connectivity index (χ1) is 6.49. The van der Waals surface area contributed by atoms with Crippen LogP contribution in [-0.2, 0) is 9.59 Å². The van der Waals surface area contributed by atoms with Gasteiger partial charge in [0, 0.05) is 27.2 Å². The molecule has 1 amide bonds. The molecule has 0 atom stereocenters. The third-order valence-electron chi connectivity index (χ3n) is 2.35. The highest BCUT2D eigenvalue weighted by Gasteiger charge is 2.29. The SMILES string of the molecule is CN(C)C(=O)CN1CC(CC(=O)O)C1. The van der Waals surface area contributed by atoms with E-state index in [1.54, 1.807) is 19.0 Å². The van der Waals surface area contributed by atoms with E-state index in [4.69, 9.17) is 5.11 Å². The van der Waals surface area contributed by atoms with Crippen molar-refractivity contribution in [3.8, 4) is 0 Å². The highest BCUT2D eigenvalue weighted by Crippen LogP contribution is 2.18. The zero-order valence-corrected chi connectivity index (χ0v) is 8.56. The quantitative estimate of drug-likeness (QED) is 0.663. The Balaban J connectivity index is 2.16. The van der Waals surface area contributed by atoms with Crippen LogP contribution in [0.1, 0.15) is 6.42 Å². The van der Waals surface area contributed by atoms with E-state index >= 15 is 0 Å². The van der Waals surface area contributed by atoms with Gasteiger partial charge in [-0.15, -0.1) is 0 Å². The highest BCUT2D eigenvalue weighted by molar-refractivity contribution is 5.77. The molecule has 0 unspecified atom stereocenters. The zero-order chi connectivity index (χ0) is 10.7. The van der Waals surface area contributed by atoms with Crippen LogP contribution in [0.3, 0.4) is 0 Å². The van der Waals surface area contributed by atoms with Crippen LogP contribution in [0.25, 0.3) is 0 Å². The Morgan fingerprint density at radius 3 is 2.43 bits per heavy atom. The maximum absolute atomic E-state index is 11.2. The number of hydrogen-bond donors (Lipinski definition) is 1. The molecule has 0 saturated carbocycles. The number of carboxylic acid groups (broad SMARTS) is 1. The van der Waals surface area contributed by atoms with Crippen LogP contribution >= 0.6 is 0 Å². The van der Waals surface area contributed by atoms with Gasteiger partial charge >= 0.3 is 5.97 Å². The zero-order valence-electron chi connectivity index (χ0n) is 8.56. The Bertz CT molecular complexity index is 234. The molecular formula is C9H16N2O3. The van der Waals surface area contributed by atoms with Crippen LogP contribution in [0.4, 0.5) is 0 Å². The lowest BCUT2D eigenvalue weighted by molar-refractivity contribution is -0.140. The summed E-state index contributed by atoms with van der Waals surface area (Å²) in [4.78, 5) is 25.1. The van der Waals surface area contributed by atoms with E-state index in [1.807, 2.05) is 4.90 Å². The van der Waals surface area contributed by atoms with Crippen molar-refractivity contribution in [3.63, 3.8) is 0 Å². The first-order valence-corrected chi connectivity index (χ1v) is 4.63.